The zero-order valence-corrected chi connectivity index (χ0v) is 60.8. The van der Waals surface area contributed by atoms with Crippen molar-refractivity contribution in [1.29, 1.82) is 0 Å². The topological polar surface area (TPSA) is 149 Å². The molecule has 0 aromatic rings. The third-order valence-electron chi connectivity index (χ3n) is 19.3. The van der Waals surface area contributed by atoms with Crippen LogP contribution in [0.15, 0.2) is 60.8 Å². The average Bonchev–Trinajstić information content (AvgIpc) is 1.00. The molecule has 1 heterocycles. The fourth-order valence-corrected chi connectivity index (χ4v) is 13.1. The number of nitrogens with one attached hydrogen (secondary N) is 1. The Kier molecular flexibility index (Phi) is 68.5. The first-order valence-corrected chi connectivity index (χ1v) is 40.5. The monoisotopic (exact) mass is 1290 g/mol. The van der Waals surface area contributed by atoms with Crippen LogP contribution in [0.3, 0.4) is 0 Å². The van der Waals surface area contributed by atoms with Gasteiger partial charge in [0.25, 0.3) is 0 Å². The molecule has 0 saturated carbocycles. The molecule has 0 aliphatic carbocycles. The summed E-state index contributed by atoms with van der Waals surface area (Å²) in [6.07, 6.45) is 93.8. The first-order chi connectivity index (χ1) is 45.3. The fourth-order valence-electron chi connectivity index (χ4n) is 13.1. The number of rotatable bonds is 72. The number of ether oxygens (including phenoxy) is 2. The van der Waals surface area contributed by atoms with Crippen molar-refractivity contribution in [2.45, 2.75) is 448 Å². The molecule has 9 nitrogen and oxygen atoms in total. The van der Waals surface area contributed by atoms with Crippen LogP contribution >= 0.6 is 0 Å². The van der Waals surface area contributed by atoms with Crippen LogP contribution in [0, 0.1) is 0 Å². The summed E-state index contributed by atoms with van der Waals surface area (Å²) in [7, 11) is 0. The highest BCUT2D eigenvalue weighted by atomic mass is 16.7. The van der Waals surface area contributed by atoms with E-state index in [0.29, 0.717) is 6.42 Å². The number of hydrogen-bond acceptors (Lipinski definition) is 8. The SMILES string of the molecule is CC/C=C\C/C=C\C/C=C\C/C=C\CCCCCCCCCCCCCCCCCCCCCCCCCCC(=O)NC(COC1OC(CO)C(O)C(O)C1O)C(O)/C=C/CCCCCCCCCCCCCCCCCCCCCCCCCCCCCCCC. The molecule has 0 aromatic carbocycles. The van der Waals surface area contributed by atoms with E-state index >= 15 is 0 Å². The molecule has 6 N–H and O–H groups in total. The maximum absolute atomic E-state index is 13.2. The standard InChI is InChI=1S/C83H155NO8/c1-3-5-7-9-11-13-15-17-19-21-23-25-27-29-31-33-35-37-38-39-40-41-43-45-47-49-51-53-55-57-59-61-63-65-67-69-71-73-79(87)84-76(75-91-83-82(90)81(89)80(88)78(74-85)92-83)77(86)72-70-68-66-64-62-60-58-56-54-52-50-48-46-44-42-36-34-32-30-28-26-24-22-20-18-16-14-12-10-8-6-4-2/h5,7,11,13,17,19,23,25,70,72,76-78,80-83,85-86,88-90H,3-4,6,8-10,12,14-16,18,20-22,24,26-69,71,73-75H2,1-2H3,(H,84,87)/b7-5-,13-11-,19-17-,25-23-,72-70+. The molecule has 540 valence electrons. The Morgan fingerprint density at radius 1 is 0.380 bits per heavy atom. The van der Waals surface area contributed by atoms with Gasteiger partial charge in [-0.15, -0.1) is 0 Å². The van der Waals surface area contributed by atoms with Gasteiger partial charge in [-0.1, -0.05) is 402 Å². The second kappa shape index (κ2) is 71.7. The molecule has 1 fully saturated rings. The highest BCUT2D eigenvalue weighted by Gasteiger charge is 2.44. The lowest BCUT2D eigenvalue weighted by Gasteiger charge is -2.40. The van der Waals surface area contributed by atoms with Crippen LogP contribution in [-0.2, 0) is 14.3 Å². The summed E-state index contributed by atoms with van der Waals surface area (Å²) in [4.78, 5) is 13.2. The van der Waals surface area contributed by atoms with E-state index in [2.05, 4.69) is 67.8 Å². The molecule has 7 atom stereocenters. The summed E-state index contributed by atoms with van der Waals surface area (Å²) >= 11 is 0. The van der Waals surface area contributed by atoms with Crippen molar-refractivity contribution in [2.75, 3.05) is 13.2 Å². The van der Waals surface area contributed by atoms with E-state index in [1.807, 2.05) is 6.08 Å². The number of hydrogen-bond donors (Lipinski definition) is 6. The van der Waals surface area contributed by atoms with Gasteiger partial charge in [-0.25, -0.2) is 0 Å². The van der Waals surface area contributed by atoms with E-state index in [-0.39, 0.29) is 12.5 Å². The second-order valence-electron chi connectivity index (χ2n) is 28.2. The molecule has 1 aliphatic rings. The van der Waals surface area contributed by atoms with Crippen molar-refractivity contribution in [2.24, 2.45) is 0 Å². The highest BCUT2D eigenvalue weighted by molar-refractivity contribution is 5.76. The molecule has 9 heteroatoms. The van der Waals surface area contributed by atoms with Gasteiger partial charge in [0.05, 0.1) is 25.4 Å². The van der Waals surface area contributed by atoms with Crippen LogP contribution < -0.4 is 5.32 Å². The number of unbranched alkanes of at least 4 members (excludes halogenated alkanes) is 54. The zero-order chi connectivity index (χ0) is 66.4. The van der Waals surface area contributed by atoms with Crippen molar-refractivity contribution < 1.29 is 39.8 Å². The van der Waals surface area contributed by atoms with Gasteiger partial charge in [-0.2, -0.15) is 0 Å². The summed E-state index contributed by atoms with van der Waals surface area (Å²) in [6.45, 7) is 3.73. The summed E-state index contributed by atoms with van der Waals surface area (Å²) in [5, 5.41) is 54.9. The Morgan fingerprint density at radius 2 is 0.674 bits per heavy atom. The van der Waals surface area contributed by atoms with Crippen molar-refractivity contribution in [3.8, 4) is 0 Å². The quantitative estimate of drug-likeness (QED) is 0.0261. The van der Waals surface area contributed by atoms with Crippen molar-refractivity contribution in [1.82, 2.24) is 5.32 Å². The van der Waals surface area contributed by atoms with Crippen LogP contribution in [0.25, 0.3) is 0 Å². The van der Waals surface area contributed by atoms with Gasteiger partial charge < -0.3 is 40.3 Å². The third kappa shape index (κ3) is 59.2. The fraction of sp³-hybridized carbons (Fsp3) is 0.867. The van der Waals surface area contributed by atoms with Crippen LogP contribution in [0.4, 0.5) is 0 Å². The van der Waals surface area contributed by atoms with E-state index in [1.165, 1.54) is 321 Å². The molecule has 0 spiro atoms. The number of allylic oxidation sites excluding steroid dienone is 9. The van der Waals surface area contributed by atoms with Gasteiger partial charge in [-0.3, -0.25) is 4.79 Å². The lowest BCUT2D eigenvalue weighted by molar-refractivity contribution is -0.302. The van der Waals surface area contributed by atoms with Crippen molar-refractivity contribution >= 4 is 5.91 Å². The van der Waals surface area contributed by atoms with Gasteiger partial charge in [0.2, 0.25) is 5.91 Å². The predicted octanol–water partition coefficient (Wildman–Crippen LogP) is 23.3. The first kappa shape index (κ1) is 87.9. The molecule has 0 bridgehead atoms. The molecule has 1 saturated heterocycles. The van der Waals surface area contributed by atoms with Gasteiger partial charge in [-0.05, 0) is 57.8 Å². The van der Waals surface area contributed by atoms with Crippen molar-refractivity contribution in [3.05, 3.63) is 60.8 Å². The minimum atomic E-state index is -1.57. The number of amides is 1. The van der Waals surface area contributed by atoms with Gasteiger partial charge >= 0.3 is 0 Å². The molecule has 1 rings (SSSR count). The van der Waals surface area contributed by atoms with Gasteiger partial charge in [0.1, 0.15) is 24.4 Å². The summed E-state index contributed by atoms with van der Waals surface area (Å²) < 4.78 is 11.4. The normalized spacial score (nSPS) is 17.9. The minimum absolute atomic E-state index is 0.168. The Bertz CT molecular complexity index is 1650. The maximum atomic E-state index is 13.2. The van der Waals surface area contributed by atoms with Crippen molar-refractivity contribution in [3.63, 3.8) is 0 Å². The lowest BCUT2D eigenvalue weighted by Crippen LogP contribution is -2.60. The highest BCUT2D eigenvalue weighted by Crippen LogP contribution is 2.24. The largest absolute Gasteiger partial charge is 0.394 e. The smallest absolute Gasteiger partial charge is 0.220 e. The number of aliphatic hydroxyl groups excluding tert-OH is 5. The molecular weight excluding hydrogens is 1140 g/mol. The number of aliphatic hydroxyl groups is 5. The Labute approximate surface area is 570 Å². The van der Waals surface area contributed by atoms with Crippen LogP contribution in [0.1, 0.15) is 406 Å². The van der Waals surface area contributed by atoms with E-state index in [9.17, 15) is 30.3 Å². The molecule has 7 unspecified atom stereocenters. The molecule has 92 heavy (non-hydrogen) atoms. The molecule has 1 aliphatic heterocycles. The number of carbonyl (C=O) groups excluding carboxylic acids is 1. The van der Waals surface area contributed by atoms with E-state index in [1.54, 1.807) is 6.08 Å². The Morgan fingerprint density at radius 3 is 1.00 bits per heavy atom. The van der Waals surface area contributed by atoms with E-state index < -0.39 is 49.5 Å². The summed E-state index contributed by atoms with van der Waals surface area (Å²) in [5.41, 5.74) is 0. The van der Waals surface area contributed by atoms with Gasteiger partial charge in [0.15, 0.2) is 6.29 Å². The molecular formula is C83H155NO8. The van der Waals surface area contributed by atoms with Crippen LogP contribution in [0.2, 0.25) is 0 Å². The molecule has 0 aromatic heterocycles. The van der Waals surface area contributed by atoms with E-state index in [0.717, 1.165) is 64.2 Å². The average molecular weight is 1300 g/mol. The first-order valence-electron chi connectivity index (χ1n) is 40.5. The Hall–Kier alpha value is -2.11. The third-order valence-corrected chi connectivity index (χ3v) is 19.3. The predicted molar refractivity (Wildman–Crippen MR) is 396 cm³/mol. The second-order valence-corrected chi connectivity index (χ2v) is 28.2. The van der Waals surface area contributed by atoms with Crippen LogP contribution in [0.5, 0.6) is 0 Å². The van der Waals surface area contributed by atoms with Crippen LogP contribution in [-0.4, -0.2) is 87.5 Å². The minimum Gasteiger partial charge on any atom is -0.394 e. The lowest BCUT2D eigenvalue weighted by atomic mass is 9.99. The molecule has 0 radical (unpaired) electrons. The van der Waals surface area contributed by atoms with Gasteiger partial charge in [0, 0.05) is 6.42 Å². The zero-order valence-electron chi connectivity index (χ0n) is 60.8. The molecule has 1 amide bonds. The maximum Gasteiger partial charge on any atom is 0.220 e. The summed E-state index contributed by atoms with van der Waals surface area (Å²) in [5.74, 6) is -0.168. The number of carbonyl (C=O) groups is 1. The van der Waals surface area contributed by atoms with E-state index in [4.69, 9.17) is 9.47 Å². The Balaban J connectivity index is 2.05. The summed E-state index contributed by atoms with van der Waals surface area (Å²) in [6, 6.07) is -0.807.